The average molecular weight is 236 g/mol. The first kappa shape index (κ1) is 11.9. The van der Waals surface area contributed by atoms with Crippen molar-refractivity contribution in [1.82, 2.24) is 0 Å². The van der Waals surface area contributed by atoms with Gasteiger partial charge in [0, 0.05) is 0 Å². The molecule has 2 rings (SSSR count). The van der Waals surface area contributed by atoms with E-state index in [-0.39, 0.29) is 17.8 Å². The first-order valence-electron chi connectivity index (χ1n) is 5.77. The van der Waals surface area contributed by atoms with Crippen LogP contribution in [-0.4, -0.2) is 29.9 Å². The second-order valence-electron chi connectivity index (χ2n) is 4.26. The molecule has 2 atom stereocenters. The van der Waals surface area contributed by atoms with Gasteiger partial charge in [0.2, 0.25) is 0 Å². The van der Waals surface area contributed by atoms with E-state index in [2.05, 4.69) is 0 Å². The summed E-state index contributed by atoms with van der Waals surface area (Å²) in [6.45, 7) is 2.44. The Labute approximate surface area is 100 Å². The van der Waals surface area contributed by atoms with Crippen molar-refractivity contribution in [2.24, 2.45) is 0 Å². The molecule has 1 heterocycles. The Balaban J connectivity index is 1.97. The summed E-state index contributed by atoms with van der Waals surface area (Å²) in [7, 11) is 0. The topological polar surface area (TPSA) is 55.8 Å². The highest BCUT2D eigenvalue weighted by Crippen LogP contribution is 2.22. The summed E-state index contributed by atoms with van der Waals surface area (Å²) in [4.78, 5) is 11.0. The van der Waals surface area contributed by atoms with E-state index in [1.807, 2.05) is 6.92 Å². The van der Waals surface area contributed by atoms with Crippen LogP contribution in [0.15, 0.2) is 24.3 Å². The van der Waals surface area contributed by atoms with Crippen molar-refractivity contribution in [3.8, 4) is 5.75 Å². The maximum absolute atomic E-state index is 11.0. The van der Waals surface area contributed by atoms with Gasteiger partial charge < -0.3 is 14.6 Å². The zero-order chi connectivity index (χ0) is 12.3. The van der Waals surface area contributed by atoms with E-state index in [0.29, 0.717) is 12.4 Å². The van der Waals surface area contributed by atoms with Gasteiger partial charge in [-0.05, 0) is 31.9 Å². The number of carboxylic acid groups (broad SMARTS) is 1. The van der Waals surface area contributed by atoms with E-state index < -0.39 is 5.97 Å². The zero-order valence-corrected chi connectivity index (χ0v) is 9.76. The Kier molecular flexibility index (Phi) is 3.64. The highest BCUT2D eigenvalue weighted by atomic mass is 16.5. The lowest BCUT2D eigenvalue weighted by atomic mass is 10.2. The molecule has 0 aliphatic carbocycles. The van der Waals surface area contributed by atoms with Crippen LogP contribution in [0.1, 0.15) is 30.1 Å². The molecule has 0 spiro atoms. The first-order valence-corrected chi connectivity index (χ1v) is 5.77. The molecule has 1 aromatic carbocycles. The lowest BCUT2D eigenvalue weighted by Crippen LogP contribution is -2.18. The molecule has 4 heteroatoms. The van der Waals surface area contributed by atoms with Crippen LogP contribution in [0, 0.1) is 0 Å². The van der Waals surface area contributed by atoms with Crippen LogP contribution < -0.4 is 4.74 Å². The Morgan fingerprint density at radius 2 is 2.24 bits per heavy atom. The predicted molar refractivity (Wildman–Crippen MR) is 62.5 cm³/mol. The number of hydrogen-bond donors (Lipinski definition) is 1. The molecule has 2 unspecified atom stereocenters. The van der Waals surface area contributed by atoms with E-state index in [4.69, 9.17) is 14.6 Å². The lowest BCUT2D eigenvalue weighted by Gasteiger charge is -2.13. The van der Waals surface area contributed by atoms with Crippen molar-refractivity contribution < 1.29 is 19.4 Å². The second kappa shape index (κ2) is 5.19. The van der Waals surface area contributed by atoms with Crippen LogP contribution in [-0.2, 0) is 4.74 Å². The quantitative estimate of drug-likeness (QED) is 0.871. The van der Waals surface area contributed by atoms with E-state index >= 15 is 0 Å². The van der Waals surface area contributed by atoms with Crippen molar-refractivity contribution in [3.63, 3.8) is 0 Å². The van der Waals surface area contributed by atoms with Crippen LogP contribution >= 0.6 is 0 Å². The number of carbonyl (C=O) groups is 1. The molecule has 1 N–H and O–H groups in total. The van der Waals surface area contributed by atoms with Crippen molar-refractivity contribution in [1.29, 1.82) is 0 Å². The minimum Gasteiger partial charge on any atom is -0.490 e. The third-order valence-corrected chi connectivity index (χ3v) is 2.86. The van der Waals surface area contributed by atoms with E-state index in [1.165, 1.54) is 6.07 Å². The molecule has 0 amide bonds. The molecule has 4 nitrogen and oxygen atoms in total. The Hall–Kier alpha value is -1.55. The number of aromatic carboxylic acids is 1. The molecule has 1 saturated heterocycles. The minimum atomic E-state index is -0.971. The third kappa shape index (κ3) is 2.97. The third-order valence-electron chi connectivity index (χ3n) is 2.86. The summed E-state index contributed by atoms with van der Waals surface area (Å²) in [5, 5.41) is 8.99. The Morgan fingerprint density at radius 3 is 2.88 bits per heavy atom. The van der Waals surface area contributed by atoms with Gasteiger partial charge in [0.15, 0.2) is 0 Å². The normalized spacial score (nSPS) is 23.6. The fourth-order valence-corrected chi connectivity index (χ4v) is 1.96. The van der Waals surface area contributed by atoms with Gasteiger partial charge in [-0.2, -0.15) is 0 Å². The van der Waals surface area contributed by atoms with Gasteiger partial charge in [0.25, 0.3) is 0 Å². The monoisotopic (exact) mass is 236 g/mol. The molecule has 1 fully saturated rings. The molecule has 0 aromatic heterocycles. The van der Waals surface area contributed by atoms with Crippen LogP contribution in [0.3, 0.4) is 0 Å². The van der Waals surface area contributed by atoms with E-state index in [1.54, 1.807) is 18.2 Å². The van der Waals surface area contributed by atoms with Crippen molar-refractivity contribution in [2.45, 2.75) is 32.0 Å². The van der Waals surface area contributed by atoms with Crippen LogP contribution in [0.4, 0.5) is 0 Å². The standard InChI is InChI=1S/C13H16O4/c1-9-6-7-10(17-9)8-16-12-5-3-2-4-11(12)13(14)15/h2-5,9-10H,6-8H2,1H3,(H,14,15). The predicted octanol–water partition coefficient (Wildman–Crippen LogP) is 2.33. The zero-order valence-electron chi connectivity index (χ0n) is 9.76. The summed E-state index contributed by atoms with van der Waals surface area (Å²) in [5.74, 6) is -0.565. The summed E-state index contributed by atoms with van der Waals surface area (Å²) < 4.78 is 11.1. The number of benzene rings is 1. The number of ether oxygens (including phenoxy) is 2. The Bertz CT molecular complexity index is 402. The smallest absolute Gasteiger partial charge is 0.339 e. The van der Waals surface area contributed by atoms with Gasteiger partial charge in [-0.3, -0.25) is 0 Å². The summed E-state index contributed by atoms with van der Waals surface area (Å²) in [5.41, 5.74) is 0.193. The van der Waals surface area contributed by atoms with Gasteiger partial charge in [-0.25, -0.2) is 4.79 Å². The van der Waals surface area contributed by atoms with E-state index in [9.17, 15) is 4.79 Å². The molecule has 1 aromatic rings. The number of rotatable bonds is 4. The fourth-order valence-electron chi connectivity index (χ4n) is 1.96. The average Bonchev–Trinajstić information content (AvgIpc) is 2.73. The van der Waals surface area contributed by atoms with Gasteiger partial charge in [0.05, 0.1) is 12.2 Å². The maximum atomic E-state index is 11.0. The highest BCUT2D eigenvalue weighted by Gasteiger charge is 2.22. The Morgan fingerprint density at radius 1 is 1.47 bits per heavy atom. The molecule has 0 saturated carbocycles. The van der Waals surface area contributed by atoms with Gasteiger partial charge in [0.1, 0.15) is 17.9 Å². The number of para-hydroxylation sites is 1. The molecule has 0 radical (unpaired) electrons. The highest BCUT2D eigenvalue weighted by molar-refractivity contribution is 5.90. The molecule has 92 valence electrons. The lowest BCUT2D eigenvalue weighted by molar-refractivity contribution is 0.0259. The summed E-state index contributed by atoms with van der Waals surface area (Å²) in [6, 6.07) is 6.65. The largest absolute Gasteiger partial charge is 0.490 e. The van der Waals surface area contributed by atoms with Gasteiger partial charge in [-0.1, -0.05) is 12.1 Å². The van der Waals surface area contributed by atoms with Gasteiger partial charge in [-0.15, -0.1) is 0 Å². The molecule has 17 heavy (non-hydrogen) atoms. The fraction of sp³-hybridized carbons (Fsp3) is 0.462. The van der Waals surface area contributed by atoms with Crippen LogP contribution in [0.25, 0.3) is 0 Å². The maximum Gasteiger partial charge on any atom is 0.339 e. The van der Waals surface area contributed by atoms with Crippen molar-refractivity contribution in [2.75, 3.05) is 6.61 Å². The van der Waals surface area contributed by atoms with Crippen LogP contribution in [0.5, 0.6) is 5.75 Å². The molecule has 1 aliphatic rings. The van der Waals surface area contributed by atoms with Crippen molar-refractivity contribution in [3.05, 3.63) is 29.8 Å². The SMILES string of the molecule is CC1CCC(COc2ccccc2C(=O)O)O1. The van der Waals surface area contributed by atoms with Gasteiger partial charge >= 0.3 is 5.97 Å². The molecule has 0 bridgehead atoms. The minimum absolute atomic E-state index is 0.0758. The molecule has 1 aliphatic heterocycles. The molecular formula is C13H16O4. The number of hydrogen-bond acceptors (Lipinski definition) is 3. The van der Waals surface area contributed by atoms with Crippen LogP contribution in [0.2, 0.25) is 0 Å². The first-order chi connectivity index (χ1) is 8.16. The summed E-state index contributed by atoms with van der Waals surface area (Å²) >= 11 is 0. The second-order valence-corrected chi connectivity index (χ2v) is 4.26. The van der Waals surface area contributed by atoms with E-state index in [0.717, 1.165) is 12.8 Å². The number of carboxylic acids is 1. The molecular weight excluding hydrogens is 220 g/mol. The summed E-state index contributed by atoms with van der Waals surface area (Å²) in [6.07, 6.45) is 2.36. The van der Waals surface area contributed by atoms with Crippen molar-refractivity contribution >= 4 is 5.97 Å².